The number of rotatable bonds is 7. The maximum Gasteiger partial charge on any atom is 0.0488 e. The molecule has 0 aromatic rings. The van der Waals surface area contributed by atoms with Crippen molar-refractivity contribution in [1.82, 2.24) is 0 Å². The lowest BCUT2D eigenvalue weighted by molar-refractivity contribution is 0.0741. The summed E-state index contributed by atoms with van der Waals surface area (Å²) >= 11 is 3.60. The number of halogens is 1. The number of ether oxygens (including phenoxy) is 1. The maximum atomic E-state index is 5.62. The van der Waals surface area contributed by atoms with Crippen LogP contribution in [0.2, 0.25) is 0 Å². The monoisotopic (exact) mass is 264 g/mol. The van der Waals surface area contributed by atoms with Gasteiger partial charge in [-0.05, 0) is 23.7 Å². The van der Waals surface area contributed by atoms with Gasteiger partial charge in [0.25, 0.3) is 0 Å². The molecule has 0 aliphatic heterocycles. The summed E-state index contributed by atoms with van der Waals surface area (Å²) in [5.41, 5.74) is 0.372. The Bertz CT molecular complexity index is 145. The fraction of sp³-hybridized carbons (Fsp3) is 1.00. The van der Waals surface area contributed by atoms with Gasteiger partial charge in [0.05, 0.1) is 0 Å². The molecule has 0 aliphatic carbocycles. The Morgan fingerprint density at radius 1 is 1.21 bits per heavy atom. The minimum Gasteiger partial charge on any atom is -0.381 e. The SMILES string of the molecule is CC(C)COCCC(C)(CBr)C(C)C. The van der Waals surface area contributed by atoms with Crippen LogP contribution in [0.4, 0.5) is 0 Å². The third kappa shape index (κ3) is 5.35. The van der Waals surface area contributed by atoms with Crippen LogP contribution in [0.25, 0.3) is 0 Å². The molecule has 1 atom stereocenters. The molecule has 14 heavy (non-hydrogen) atoms. The van der Waals surface area contributed by atoms with E-state index in [9.17, 15) is 0 Å². The van der Waals surface area contributed by atoms with Crippen LogP contribution in [0.1, 0.15) is 41.0 Å². The summed E-state index contributed by atoms with van der Waals surface area (Å²) in [7, 11) is 0. The highest BCUT2D eigenvalue weighted by molar-refractivity contribution is 9.09. The van der Waals surface area contributed by atoms with Gasteiger partial charge < -0.3 is 4.74 Å². The smallest absolute Gasteiger partial charge is 0.0488 e. The van der Waals surface area contributed by atoms with Crippen LogP contribution in [-0.4, -0.2) is 18.5 Å². The van der Waals surface area contributed by atoms with Crippen molar-refractivity contribution in [2.24, 2.45) is 17.3 Å². The summed E-state index contributed by atoms with van der Waals surface area (Å²) in [5, 5.41) is 1.06. The third-order valence-corrected chi connectivity index (χ3v) is 4.25. The molecule has 0 saturated carbocycles. The van der Waals surface area contributed by atoms with E-state index in [-0.39, 0.29) is 0 Å². The van der Waals surface area contributed by atoms with Crippen LogP contribution >= 0.6 is 15.9 Å². The second-order valence-corrected chi connectivity index (χ2v) is 5.72. The third-order valence-electron chi connectivity index (χ3n) is 2.97. The van der Waals surface area contributed by atoms with Gasteiger partial charge in [-0.25, -0.2) is 0 Å². The predicted octanol–water partition coefficient (Wildman–Crippen LogP) is 4.11. The summed E-state index contributed by atoms with van der Waals surface area (Å²) in [6, 6.07) is 0. The molecule has 0 saturated heterocycles. The Hall–Kier alpha value is 0.440. The second kappa shape index (κ2) is 6.84. The van der Waals surface area contributed by atoms with Gasteiger partial charge in [-0.1, -0.05) is 50.5 Å². The van der Waals surface area contributed by atoms with Gasteiger partial charge in [-0.2, -0.15) is 0 Å². The van der Waals surface area contributed by atoms with Gasteiger partial charge in [0.15, 0.2) is 0 Å². The van der Waals surface area contributed by atoms with Crippen molar-refractivity contribution in [2.45, 2.75) is 41.0 Å². The van der Waals surface area contributed by atoms with E-state index in [0.29, 0.717) is 17.3 Å². The normalized spacial score (nSPS) is 16.3. The minimum absolute atomic E-state index is 0.372. The summed E-state index contributed by atoms with van der Waals surface area (Å²) in [5.74, 6) is 1.34. The van der Waals surface area contributed by atoms with E-state index in [1.165, 1.54) is 0 Å². The molecule has 0 radical (unpaired) electrons. The van der Waals surface area contributed by atoms with Crippen LogP contribution < -0.4 is 0 Å². The Morgan fingerprint density at radius 2 is 1.79 bits per heavy atom. The molecule has 0 amide bonds. The molecule has 0 N–H and O–H groups in total. The average molecular weight is 265 g/mol. The Morgan fingerprint density at radius 3 is 2.14 bits per heavy atom. The molecule has 0 spiro atoms. The van der Waals surface area contributed by atoms with Gasteiger partial charge in [0.2, 0.25) is 0 Å². The van der Waals surface area contributed by atoms with Gasteiger partial charge >= 0.3 is 0 Å². The quantitative estimate of drug-likeness (QED) is 0.497. The van der Waals surface area contributed by atoms with Crippen molar-refractivity contribution in [3.63, 3.8) is 0 Å². The van der Waals surface area contributed by atoms with Gasteiger partial charge in [-0.15, -0.1) is 0 Å². The van der Waals surface area contributed by atoms with Crippen LogP contribution in [0, 0.1) is 17.3 Å². The summed E-state index contributed by atoms with van der Waals surface area (Å²) in [6.07, 6.45) is 1.14. The first-order chi connectivity index (χ1) is 6.42. The molecule has 0 fully saturated rings. The first-order valence-corrected chi connectivity index (χ1v) is 6.68. The average Bonchev–Trinajstić information content (AvgIpc) is 2.11. The summed E-state index contributed by atoms with van der Waals surface area (Å²) in [4.78, 5) is 0. The molecular weight excluding hydrogens is 240 g/mol. The molecule has 1 nitrogen and oxygen atoms in total. The topological polar surface area (TPSA) is 9.23 Å². The minimum atomic E-state index is 0.372. The van der Waals surface area contributed by atoms with Crippen LogP contribution in [-0.2, 0) is 4.74 Å². The number of hydrogen-bond acceptors (Lipinski definition) is 1. The molecule has 2 heteroatoms. The van der Waals surface area contributed by atoms with E-state index < -0.39 is 0 Å². The zero-order chi connectivity index (χ0) is 11.2. The van der Waals surface area contributed by atoms with Crippen molar-refractivity contribution >= 4 is 15.9 Å². The van der Waals surface area contributed by atoms with Gasteiger partial charge in [-0.3, -0.25) is 0 Å². The largest absolute Gasteiger partial charge is 0.381 e. The lowest BCUT2D eigenvalue weighted by Crippen LogP contribution is -2.27. The lowest BCUT2D eigenvalue weighted by Gasteiger charge is -2.31. The van der Waals surface area contributed by atoms with Crippen molar-refractivity contribution in [1.29, 1.82) is 0 Å². The van der Waals surface area contributed by atoms with Gasteiger partial charge in [0.1, 0.15) is 0 Å². The van der Waals surface area contributed by atoms with Gasteiger partial charge in [0, 0.05) is 18.5 Å². The van der Waals surface area contributed by atoms with E-state index in [0.717, 1.165) is 25.0 Å². The first-order valence-electron chi connectivity index (χ1n) is 5.56. The summed E-state index contributed by atoms with van der Waals surface area (Å²) in [6.45, 7) is 13.0. The van der Waals surface area contributed by atoms with Crippen molar-refractivity contribution < 1.29 is 4.74 Å². The van der Waals surface area contributed by atoms with Crippen molar-refractivity contribution in [3.8, 4) is 0 Å². The zero-order valence-corrected chi connectivity index (χ0v) is 11.9. The molecule has 0 aromatic heterocycles. The second-order valence-electron chi connectivity index (χ2n) is 5.16. The fourth-order valence-electron chi connectivity index (χ4n) is 1.13. The molecule has 1 unspecified atom stereocenters. The van der Waals surface area contributed by atoms with Crippen molar-refractivity contribution in [3.05, 3.63) is 0 Å². The Balaban J connectivity index is 3.73. The first kappa shape index (κ1) is 14.4. The molecule has 86 valence electrons. The highest BCUT2D eigenvalue weighted by Crippen LogP contribution is 2.32. The van der Waals surface area contributed by atoms with Crippen molar-refractivity contribution in [2.75, 3.05) is 18.5 Å². The molecule has 0 bridgehead atoms. The lowest BCUT2D eigenvalue weighted by atomic mass is 9.78. The Labute approximate surface area is 97.7 Å². The standard InChI is InChI=1S/C12H25BrO/c1-10(2)8-14-7-6-12(5,9-13)11(3)4/h10-11H,6-9H2,1-5H3. The number of alkyl halides is 1. The molecule has 0 rings (SSSR count). The Kier molecular flexibility index (Phi) is 7.05. The van der Waals surface area contributed by atoms with Crippen LogP contribution in [0.15, 0.2) is 0 Å². The highest BCUT2D eigenvalue weighted by Gasteiger charge is 2.26. The van der Waals surface area contributed by atoms with E-state index in [1.54, 1.807) is 0 Å². The zero-order valence-electron chi connectivity index (χ0n) is 10.3. The van der Waals surface area contributed by atoms with E-state index in [2.05, 4.69) is 50.5 Å². The summed E-state index contributed by atoms with van der Waals surface area (Å²) < 4.78 is 5.62. The molecule has 0 heterocycles. The molecule has 0 aromatic carbocycles. The van der Waals surface area contributed by atoms with E-state index in [1.807, 2.05) is 0 Å². The van der Waals surface area contributed by atoms with Crippen LogP contribution in [0.3, 0.4) is 0 Å². The predicted molar refractivity (Wildman–Crippen MR) is 67.0 cm³/mol. The number of hydrogen-bond donors (Lipinski definition) is 0. The van der Waals surface area contributed by atoms with E-state index in [4.69, 9.17) is 4.74 Å². The van der Waals surface area contributed by atoms with Crippen LogP contribution in [0.5, 0.6) is 0 Å². The molecule has 0 aliphatic rings. The highest BCUT2D eigenvalue weighted by atomic mass is 79.9. The molecular formula is C12H25BrO. The maximum absolute atomic E-state index is 5.62. The fourth-order valence-corrected chi connectivity index (χ4v) is 2.06. The van der Waals surface area contributed by atoms with E-state index >= 15 is 0 Å².